The van der Waals surface area contributed by atoms with Crippen LogP contribution in [0.5, 0.6) is 0 Å². The molecule has 0 saturated heterocycles. The number of benzene rings is 3. The molecule has 0 amide bonds. The second-order valence-electron chi connectivity index (χ2n) is 5.76. The third-order valence-electron chi connectivity index (χ3n) is 4.50. The highest BCUT2D eigenvalue weighted by atomic mass is 14.2. The van der Waals surface area contributed by atoms with Gasteiger partial charge in [0.25, 0.3) is 0 Å². The van der Waals surface area contributed by atoms with Crippen molar-refractivity contribution in [3.05, 3.63) is 71.3 Å². The number of fused-ring (bicyclic) bond motifs is 2. The van der Waals surface area contributed by atoms with E-state index in [-0.39, 0.29) is 0 Å². The summed E-state index contributed by atoms with van der Waals surface area (Å²) in [5.74, 6) is 0. The predicted molar refractivity (Wildman–Crippen MR) is 87.2 cm³/mol. The first-order valence-electron chi connectivity index (χ1n) is 7.41. The number of rotatable bonds is 3. The molecular formula is C20H18. The summed E-state index contributed by atoms with van der Waals surface area (Å²) in [5, 5.41) is 5.69. The van der Waals surface area contributed by atoms with Crippen LogP contribution in [0.15, 0.2) is 60.2 Å². The summed E-state index contributed by atoms with van der Waals surface area (Å²) < 4.78 is 0. The lowest BCUT2D eigenvalue weighted by molar-refractivity contribution is 0.984. The molecule has 0 heteroatoms. The van der Waals surface area contributed by atoms with Gasteiger partial charge in [-0.2, -0.15) is 0 Å². The van der Waals surface area contributed by atoms with Crippen LogP contribution in [0.3, 0.4) is 0 Å². The quantitative estimate of drug-likeness (QED) is 0.426. The van der Waals surface area contributed by atoms with Gasteiger partial charge < -0.3 is 0 Å². The minimum Gasteiger partial charge on any atom is -0.0809 e. The summed E-state index contributed by atoms with van der Waals surface area (Å²) in [5.41, 5.74) is 4.55. The second-order valence-corrected chi connectivity index (χ2v) is 5.76. The minimum atomic E-state index is 1.16. The first kappa shape index (κ1) is 11.7. The van der Waals surface area contributed by atoms with Crippen LogP contribution in [0, 0.1) is 6.92 Å². The second kappa shape index (κ2) is 4.49. The van der Waals surface area contributed by atoms with Gasteiger partial charge in [0, 0.05) is 0 Å². The Labute approximate surface area is 119 Å². The monoisotopic (exact) mass is 258 g/mol. The molecule has 0 aromatic heterocycles. The fourth-order valence-corrected chi connectivity index (χ4v) is 3.27. The molecule has 0 N–H and O–H groups in total. The van der Waals surface area contributed by atoms with Gasteiger partial charge in [-0.3, -0.25) is 0 Å². The highest BCUT2D eigenvalue weighted by molar-refractivity contribution is 6.05. The van der Waals surface area contributed by atoms with E-state index in [1.807, 2.05) is 0 Å². The summed E-state index contributed by atoms with van der Waals surface area (Å²) >= 11 is 0. The maximum Gasteiger partial charge on any atom is -0.0136 e. The van der Waals surface area contributed by atoms with Crippen molar-refractivity contribution < 1.29 is 0 Å². The molecule has 0 aliphatic heterocycles. The predicted octanol–water partition coefficient (Wildman–Crippen LogP) is 5.56. The summed E-state index contributed by atoms with van der Waals surface area (Å²) in [6.45, 7) is 2.25. The first-order valence-corrected chi connectivity index (χ1v) is 7.41. The van der Waals surface area contributed by atoms with Crippen molar-refractivity contribution in [1.82, 2.24) is 0 Å². The van der Waals surface area contributed by atoms with Gasteiger partial charge in [0.2, 0.25) is 0 Å². The number of aryl methyl sites for hydroxylation is 2. The van der Waals surface area contributed by atoms with Crippen molar-refractivity contribution in [2.45, 2.75) is 26.2 Å². The van der Waals surface area contributed by atoms with E-state index >= 15 is 0 Å². The van der Waals surface area contributed by atoms with E-state index in [0.717, 1.165) is 6.42 Å². The summed E-state index contributed by atoms with van der Waals surface area (Å²) in [6, 6.07) is 17.7. The molecule has 0 saturated carbocycles. The van der Waals surface area contributed by atoms with E-state index < -0.39 is 0 Å². The zero-order valence-corrected chi connectivity index (χ0v) is 11.8. The molecule has 3 aromatic rings. The Morgan fingerprint density at radius 2 is 1.25 bits per heavy atom. The third-order valence-corrected chi connectivity index (χ3v) is 4.50. The van der Waals surface area contributed by atoms with E-state index in [9.17, 15) is 0 Å². The number of hydrogen-bond acceptors (Lipinski definition) is 0. The highest BCUT2D eigenvalue weighted by Gasteiger charge is 2.13. The Balaban J connectivity index is 2.03. The van der Waals surface area contributed by atoms with Crippen LogP contribution >= 0.6 is 0 Å². The molecule has 1 aliphatic carbocycles. The minimum absolute atomic E-state index is 1.16. The van der Waals surface area contributed by atoms with Crippen molar-refractivity contribution in [3.63, 3.8) is 0 Å². The number of hydrogen-bond donors (Lipinski definition) is 0. The maximum atomic E-state index is 2.35. The molecule has 0 fully saturated rings. The molecule has 4 rings (SSSR count). The number of allylic oxidation sites excluding steroid dienone is 2. The van der Waals surface area contributed by atoms with Gasteiger partial charge in [-0.1, -0.05) is 60.2 Å². The SMILES string of the molecule is Cc1c2ccccc2c(CCC2=CC2)c2ccccc12. The Kier molecular flexibility index (Phi) is 2.63. The first-order chi connectivity index (χ1) is 9.84. The fraction of sp³-hybridized carbons (Fsp3) is 0.200. The van der Waals surface area contributed by atoms with Gasteiger partial charge in [-0.25, -0.2) is 0 Å². The largest absolute Gasteiger partial charge is 0.0809 e. The van der Waals surface area contributed by atoms with Gasteiger partial charge >= 0.3 is 0 Å². The van der Waals surface area contributed by atoms with Crippen molar-refractivity contribution in [3.8, 4) is 0 Å². The molecule has 3 aromatic carbocycles. The van der Waals surface area contributed by atoms with Crippen LogP contribution in [0.2, 0.25) is 0 Å². The van der Waals surface area contributed by atoms with Gasteiger partial charge in [-0.15, -0.1) is 0 Å². The zero-order valence-electron chi connectivity index (χ0n) is 11.8. The Hall–Kier alpha value is -2.08. The fourth-order valence-electron chi connectivity index (χ4n) is 3.27. The lowest BCUT2D eigenvalue weighted by Gasteiger charge is -2.14. The maximum absolute atomic E-state index is 2.35. The van der Waals surface area contributed by atoms with Gasteiger partial charge in [0.15, 0.2) is 0 Å². The zero-order chi connectivity index (χ0) is 13.5. The van der Waals surface area contributed by atoms with Crippen LogP contribution in [0.25, 0.3) is 21.5 Å². The van der Waals surface area contributed by atoms with Crippen molar-refractivity contribution in [1.29, 1.82) is 0 Å². The molecule has 0 radical (unpaired) electrons. The molecule has 20 heavy (non-hydrogen) atoms. The topological polar surface area (TPSA) is 0 Å². The molecule has 0 bridgehead atoms. The normalized spacial score (nSPS) is 13.8. The van der Waals surface area contributed by atoms with E-state index in [1.165, 1.54) is 45.5 Å². The summed E-state index contributed by atoms with van der Waals surface area (Å²) in [6.07, 6.45) is 5.96. The van der Waals surface area contributed by atoms with Gasteiger partial charge in [0.1, 0.15) is 0 Å². The molecule has 0 heterocycles. The lowest BCUT2D eigenvalue weighted by atomic mass is 9.90. The van der Waals surface area contributed by atoms with E-state index in [2.05, 4.69) is 61.5 Å². The molecule has 98 valence electrons. The van der Waals surface area contributed by atoms with Crippen molar-refractivity contribution >= 4 is 21.5 Å². The standard InChI is InChI=1S/C20H18/c1-14-16-6-2-4-8-18(16)20(13-12-15-10-11-15)19-9-5-3-7-17(14)19/h2-10H,11-13H2,1H3. The average Bonchev–Trinajstić information content (AvgIpc) is 3.32. The summed E-state index contributed by atoms with van der Waals surface area (Å²) in [4.78, 5) is 0. The lowest BCUT2D eigenvalue weighted by Crippen LogP contribution is -1.93. The van der Waals surface area contributed by atoms with Gasteiger partial charge in [0.05, 0.1) is 0 Å². The summed E-state index contributed by atoms with van der Waals surface area (Å²) in [7, 11) is 0. The van der Waals surface area contributed by atoms with Crippen molar-refractivity contribution in [2.24, 2.45) is 0 Å². The molecule has 0 atom stereocenters. The Morgan fingerprint density at radius 1 is 0.750 bits per heavy atom. The van der Waals surface area contributed by atoms with Crippen LogP contribution in [-0.2, 0) is 6.42 Å². The van der Waals surface area contributed by atoms with Crippen LogP contribution < -0.4 is 0 Å². The third kappa shape index (κ3) is 1.84. The molecule has 0 unspecified atom stereocenters. The van der Waals surface area contributed by atoms with E-state index in [4.69, 9.17) is 0 Å². The molecule has 1 aliphatic rings. The van der Waals surface area contributed by atoms with Gasteiger partial charge in [-0.05, 0) is 58.9 Å². The van der Waals surface area contributed by atoms with Crippen molar-refractivity contribution in [2.75, 3.05) is 0 Å². The van der Waals surface area contributed by atoms with Crippen LogP contribution in [0.4, 0.5) is 0 Å². The van der Waals surface area contributed by atoms with Crippen LogP contribution in [0.1, 0.15) is 24.0 Å². The smallest absolute Gasteiger partial charge is 0.0136 e. The van der Waals surface area contributed by atoms with Crippen LogP contribution in [-0.4, -0.2) is 0 Å². The molecule has 0 spiro atoms. The molecule has 0 nitrogen and oxygen atoms in total. The van der Waals surface area contributed by atoms with E-state index in [1.54, 1.807) is 5.57 Å². The molecular weight excluding hydrogens is 240 g/mol. The highest BCUT2D eigenvalue weighted by Crippen LogP contribution is 2.34. The average molecular weight is 258 g/mol. The Morgan fingerprint density at radius 3 is 1.75 bits per heavy atom. The Bertz CT molecular complexity index is 780. The van der Waals surface area contributed by atoms with E-state index in [0.29, 0.717) is 0 Å².